The number of amides is 1. The predicted octanol–water partition coefficient (Wildman–Crippen LogP) is 1.43. The molecule has 8 nitrogen and oxygen atoms in total. The highest BCUT2D eigenvalue weighted by Crippen LogP contribution is 2.24. The lowest BCUT2D eigenvalue weighted by atomic mass is 10.2. The van der Waals surface area contributed by atoms with Crippen molar-refractivity contribution in [1.29, 1.82) is 0 Å². The molecule has 3 rings (SSSR count). The van der Waals surface area contributed by atoms with E-state index in [4.69, 9.17) is 0 Å². The van der Waals surface area contributed by atoms with Gasteiger partial charge in [-0.2, -0.15) is 0 Å². The third kappa shape index (κ3) is 4.55. The second kappa shape index (κ2) is 7.59. The lowest BCUT2D eigenvalue weighted by Crippen LogP contribution is -2.25. The Morgan fingerprint density at radius 2 is 1.68 bits per heavy atom. The molecular weight excluding hydrogens is 409 g/mol. The molecule has 2 aromatic rings. The number of benzene rings is 2. The van der Waals surface area contributed by atoms with Gasteiger partial charge in [0.2, 0.25) is 20.0 Å². The van der Waals surface area contributed by atoms with Crippen LogP contribution in [0.1, 0.15) is 23.2 Å². The van der Waals surface area contributed by atoms with Crippen LogP contribution in [0.2, 0.25) is 0 Å². The number of carbonyl (C=O) groups is 1. The van der Waals surface area contributed by atoms with Crippen LogP contribution in [0.3, 0.4) is 0 Å². The number of nitrogens with one attached hydrogen (secondary N) is 3. The summed E-state index contributed by atoms with van der Waals surface area (Å²) in [6.45, 7) is 0. The van der Waals surface area contributed by atoms with Crippen molar-refractivity contribution < 1.29 is 26.0 Å². The maximum atomic E-state index is 14.1. The highest BCUT2D eigenvalue weighted by atomic mass is 32.2. The number of carbonyl (C=O) groups excluding carboxylic acids is 1. The van der Waals surface area contributed by atoms with Gasteiger partial charge in [0.1, 0.15) is 5.82 Å². The van der Waals surface area contributed by atoms with Gasteiger partial charge in [0.15, 0.2) is 0 Å². The fraction of sp³-hybridized carbons (Fsp3) is 0.235. The summed E-state index contributed by atoms with van der Waals surface area (Å²) < 4.78 is 66.9. The predicted molar refractivity (Wildman–Crippen MR) is 100 cm³/mol. The first-order valence-corrected chi connectivity index (χ1v) is 11.3. The first-order chi connectivity index (χ1) is 13.1. The van der Waals surface area contributed by atoms with Crippen LogP contribution < -0.4 is 14.8 Å². The summed E-state index contributed by atoms with van der Waals surface area (Å²) in [4.78, 5) is 12.1. The van der Waals surface area contributed by atoms with Crippen molar-refractivity contribution in [3.63, 3.8) is 0 Å². The van der Waals surface area contributed by atoms with Gasteiger partial charge in [-0.05, 0) is 56.3 Å². The van der Waals surface area contributed by atoms with Gasteiger partial charge in [-0.25, -0.2) is 30.7 Å². The summed E-state index contributed by atoms with van der Waals surface area (Å²) in [5.74, 6) is -1.82. The molecule has 2 aromatic carbocycles. The molecule has 0 heterocycles. The van der Waals surface area contributed by atoms with Crippen molar-refractivity contribution in [1.82, 2.24) is 9.44 Å². The zero-order valence-electron chi connectivity index (χ0n) is 14.8. The molecule has 0 aromatic heterocycles. The van der Waals surface area contributed by atoms with Crippen LogP contribution in [0.4, 0.5) is 10.1 Å². The zero-order valence-corrected chi connectivity index (χ0v) is 16.4. The first-order valence-electron chi connectivity index (χ1n) is 8.29. The van der Waals surface area contributed by atoms with Crippen LogP contribution in [0.5, 0.6) is 0 Å². The maximum absolute atomic E-state index is 14.1. The van der Waals surface area contributed by atoms with Gasteiger partial charge in [-0.15, -0.1) is 0 Å². The van der Waals surface area contributed by atoms with Crippen molar-refractivity contribution >= 4 is 31.6 Å². The van der Waals surface area contributed by atoms with Crippen molar-refractivity contribution in [3.8, 4) is 0 Å². The summed E-state index contributed by atoms with van der Waals surface area (Å²) in [6.07, 6.45) is 1.56. The van der Waals surface area contributed by atoms with E-state index in [0.717, 1.165) is 31.0 Å². The molecule has 0 bridgehead atoms. The highest BCUT2D eigenvalue weighted by molar-refractivity contribution is 7.89. The molecule has 0 aliphatic heterocycles. The monoisotopic (exact) mass is 427 g/mol. The molecule has 1 aliphatic carbocycles. The quantitative estimate of drug-likeness (QED) is 0.617. The molecule has 0 radical (unpaired) electrons. The summed E-state index contributed by atoms with van der Waals surface area (Å²) in [7, 11) is -6.39. The average Bonchev–Trinajstić information content (AvgIpc) is 3.45. The van der Waals surface area contributed by atoms with E-state index in [2.05, 4.69) is 14.8 Å². The Morgan fingerprint density at radius 3 is 2.32 bits per heavy atom. The van der Waals surface area contributed by atoms with E-state index in [0.29, 0.717) is 0 Å². The molecule has 1 fully saturated rings. The Hall–Kier alpha value is -2.34. The Balaban J connectivity index is 1.86. The van der Waals surface area contributed by atoms with Crippen LogP contribution in [-0.2, 0) is 20.0 Å². The molecule has 11 heteroatoms. The second-order valence-corrected chi connectivity index (χ2v) is 9.83. The number of hydrogen-bond donors (Lipinski definition) is 3. The second-order valence-electron chi connectivity index (χ2n) is 6.23. The van der Waals surface area contributed by atoms with E-state index in [1.54, 1.807) is 0 Å². The Morgan fingerprint density at radius 1 is 1.00 bits per heavy atom. The van der Waals surface area contributed by atoms with Crippen molar-refractivity contribution in [2.75, 3.05) is 12.4 Å². The van der Waals surface area contributed by atoms with Crippen molar-refractivity contribution in [3.05, 3.63) is 53.8 Å². The minimum atomic E-state index is -3.86. The zero-order chi connectivity index (χ0) is 20.5. The number of sulfonamides is 2. The molecule has 3 N–H and O–H groups in total. The van der Waals surface area contributed by atoms with Crippen LogP contribution in [0, 0.1) is 5.82 Å². The lowest BCUT2D eigenvalue weighted by Gasteiger charge is -2.10. The summed E-state index contributed by atoms with van der Waals surface area (Å²) >= 11 is 0. The molecule has 1 aliphatic rings. The van der Waals surface area contributed by atoms with Crippen LogP contribution in [0.15, 0.2) is 52.3 Å². The molecule has 0 saturated heterocycles. The van der Waals surface area contributed by atoms with Gasteiger partial charge in [-0.3, -0.25) is 4.79 Å². The van der Waals surface area contributed by atoms with Crippen molar-refractivity contribution in [2.24, 2.45) is 0 Å². The molecule has 1 amide bonds. The van der Waals surface area contributed by atoms with Gasteiger partial charge >= 0.3 is 0 Å². The lowest BCUT2D eigenvalue weighted by molar-refractivity contribution is 0.102. The molecule has 150 valence electrons. The smallest absolute Gasteiger partial charge is 0.258 e. The van der Waals surface area contributed by atoms with Crippen LogP contribution in [-0.4, -0.2) is 35.8 Å². The van der Waals surface area contributed by atoms with Gasteiger partial charge < -0.3 is 5.32 Å². The van der Waals surface area contributed by atoms with E-state index >= 15 is 0 Å². The maximum Gasteiger partial charge on any atom is 0.258 e. The minimum Gasteiger partial charge on any atom is -0.322 e. The number of hydrogen-bond acceptors (Lipinski definition) is 5. The molecule has 0 spiro atoms. The largest absolute Gasteiger partial charge is 0.322 e. The number of anilines is 1. The molecule has 28 heavy (non-hydrogen) atoms. The summed E-state index contributed by atoms with van der Waals surface area (Å²) in [5.41, 5.74) is -0.356. The van der Waals surface area contributed by atoms with E-state index < -0.39 is 37.3 Å². The molecule has 0 atom stereocenters. The fourth-order valence-corrected chi connectivity index (χ4v) is 4.50. The Labute approximate surface area is 162 Å². The van der Waals surface area contributed by atoms with Gasteiger partial charge in [0, 0.05) is 11.7 Å². The van der Waals surface area contributed by atoms with Gasteiger partial charge in [0.25, 0.3) is 5.91 Å². The fourth-order valence-electron chi connectivity index (χ4n) is 2.39. The van der Waals surface area contributed by atoms with Crippen LogP contribution in [0.25, 0.3) is 0 Å². The number of rotatable bonds is 7. The van der Waals surface area contributed by atoms with Gasteiger partial charge in [0.05, 0.1) is 15.4 Å². The molecule has 1 saturated carbocycles. The van der Waals surface area contributed by atoms with E-state index in [1.807, 2.05) is 0 Å². The topological polar surface area (TPSA) is 121 Å². The van der Waals surface area contributed by atoms with E-state index in [1.165, 1.54) is 31.3 Å². The third-order valence-corrected chi connectivity index (χ3v) is 6.99. The Bertz CT molecular complexity index is 1130. The highest BCUT2D eigenvalue weighted by Gasteiger charge is 2.28. The summed E-state index contributed by atoms with van der Waals surface area (Å²) in [5, 5.41) is 2.39. The third-order valence-electron chi connectivity index (χ3n) is 4.06. The average molecular weight is 427 g/mol. The number of halogens is 1. The first kappa shape index (κ1) is 20.4. The van der Waals surface area contributed by atoms with E-state index in [9.17, 15) is 26.0 Å². The SMILES string of the molecule is CNS(=O)(=O)c1ccc(F)c(C(=O)Nc2cccc(S(=O)(=O)NC3CC3)c2)c1. The standard InChI is InChI=1S/C17H18FN3O5S2/c1-19-27(23,24)14-7-8-16(18)15(10-14)17(22)20-12-3-2-4-13(9-12)28(25,26)21-11-5-6-11/h2-4,7-11,19,21H,5-6H2,1H3,(H,20,22). The molecule has 0 unspecified atom stereocenters. The summed E-state index contributed by atoms with van der Waals surface area (Å²) in [6, 6.07) is 8.25. The van der Waals surface area contributed by atoms with Crippen molar-refractivity contribution in [2.45, 2.75) is 28.7 Å². The Kier molecular flexibility index (Phi) is 5.53. The van der Waals surface area contributed by atoms with Gasteiger partial charge in [-0.1, -0.05) is 6.07 Å². The van der Waals surface area contributed by atoms with Crippen LogP contribution >= 0.6 is 0 Å². The van der Waals surface area contributed by atoms with E-state index in [-0.39, 0.29) is 21.5 Å². The molecular formula is C17H18FN3O5S2. The normalized spacial score (nSPS) is 14.6. The minimum absolute atomic E-state index is 0.0378.